The third-order valence-electron chi connectivity index (χ3n) is 6.97. The van der Waals surface area contributed by atoms with Crippen LogP contribution in [0.3, 0.4) is 0 Å². The number of nitrogens with zero attached hydrogens (tertiary/aromatic N) is 3. The van der Waals surface area contributed by atoms with Gasteiger partial charge in [-0.3, -0.25) is 0 Å². The maximum atomic E-state index is 13.2. The van der Waals surface area contributed by atoms with Crippen molar-refractivity contribution in [2.24, 2.45) is 0 Å². The summed E-state index contributed by atoms with van der Waals surface area (Å²) >= 11 is 6.23. The number of fused-ring (bicyclic) bond motifs is 1. The zero-order valence-corrected chi connectivity index (χ0v) is 21.1. The maximum Gasteiger partial charge on any atom is 0.243 e. The molecule has 0 bridgehead atoms. The van der Waals surface area contributed by atoms with Crippen molar-refractivity contribution in [3.8, 4) is 6.07 Å². The van der Waals surface area contributed by atoms with Crippen molar-refractivity contribution in [1.29, 1.82) is 5.26 Å². The Hall–Kier alpha value is -3.11. The van der Waals surface area contributed by atoms with Crippen molar-refractivity contribution in [2.75, 3.05) is 13.1 Å². The van der Waals surface area contributed by atoms with E-state index >= 15 is 0 Å². The lowest BCUT2D eigenvalue weighted by molar-refractivity contribution is 0.319. The highest BCUT2D eigenvalue weighted by molar-refractivity contribution is 7.89. The van der Waals surface area contributed by atoms with Crippen molar-refractivity contribution < 1.29 is 8.42 Å². The number of nitriles is 1. The van der Waals surface area contributed by atoms with Crippen LogP contribution in [0, 0.1) is 18.3 Å². The van der Waals surface area contributed by atoms with Gasteiger partial charge in [0.1, 0.15) is 0 Å². The van der Waals surface area contributed by atoms with Crippen LogP contribution >= 0.6 is 11.6 Å². The van der Waals surface area contributed by atoms with Crippen LogP contribution in [-0.4, -0.2) is 30.4 Å². The van der Waals surface area contributed by atoms with E-state index in [0.29, 0.717) is 18.7 Å². The summed E-state index contributed by atoms with van der Waals surface area (Å²) in [5.74, 6) is 0.275. The van der Waals surface area contributed by atoms with Crippen molar-refractivity contribution in [1.82, 2.24) is 8.87 Å². The molecule has 0 saturated carbocycles. The number of hydrogen-bond donors (Lipinski definition) is 0. The van der Waals surface area contributed by atoms with E-state index in [0.717, 1.165) is 30.0 Å². The number of para-hydroxylation sites is 1. The third-order valence-corrected chi connectivity index (χ3v) is 9.10. The second-order valence-electron chi connectivity index (χ2n) is 9.05. The number of sulfonamides is 1. The fourth-order valence-corrected chi connectivity index (χ4v) is 6.98. The van der Waals surface area contributed by atoms with Gasteiger partial charge in [0, 0.05) is 41.3 Å². The molecule has 7 heteroatoms. The van der Waals surface area contributed by atoms with Gasteiger partial charge in [-0.1, -0.05) is 48.0 Å². The molecular formula is C28H26ClN3O2S. The zero-order valence-electron chi connectivity index (χ0n) is 19.5. The molecule has 1 saturated heterocycles. The van der Waals surface area contributed by atoms with Crippen LogP contribution in [-0.2, 0) is 16.6 Å². The van der Waals surface area contributed by atoms with Crippen molar-refractivity contribution in [3.05, 3.63) is 100 Å². The fraction of sp³-hybridized carbons (Fsp3) is 0.250. The van der Waals surface area contributed by atoms with Crippen LogP contribution < -0.4 is 0 Å². The Morgan fingerprint density at radius 2 is 1.74 bits per heavy atom. The molecular weight excluding hydrogens is 478 g/mol. The number of aromatic nitrogens is 1. The highest BCUT2D eigenvalue weighted by Crippen LogP contribution is 2.38. The van der Waals surface area contributed by atoms with E-state index in [2.05, 4.69) is 41.8 Å². The molecule has 2 heterocycles. The van der Waals surface area contributed by atoms with Gasteiger partial charge >= 0.3 is 0 Å². The Morgan fingerprint density at radius 1 is 1.00 bits per heavy atom. The molecule has 0 N–H and O–H groups in total. The van der Waals surface area contributed by atoms with Crippen LogP contribution in [0.2, 0.25) is 5.02 Å². The molecule has 4 aromatic rings. The first-order valence-corrected chi connectivity index (χ1v) is 13.5. The summed E-state index contributed by atoms with van der Waals surface area (Å²) in [5.41, 5.74) is 5.21. The molecule has 35 heavy (non-hydrogen) atoms. The summed E-state index contributed by atoms with van der Waals surface area (Å²) in [5, 5.41) is 11.1. The molecule has 0 unspecified atom stereocenters. The van der Waals surface area contributed by atoms with Gasteiger partial charge in [-0.05, 0) is 73.2 Å². The molecule has 0 amide bonds. The van der Waals surface area contributed by atoms with Gasteiger partial charge in [0.05, 0.1) is 16.5 Å². The molecule has 0 spiro atoms. The number of piperidine rings is 1. The van der Waals surface area contributed by atoms with Crippen molar-refractivity contribution in [3.63, 3.8) is 0 Å². The fourth-order valence-electron chi connectivity index (χ4n) is 5.25. The maximum absolute atomic E-state index is 13.2. The predicted octanol–water partition coefficient (Wildman–Crippen LogP) is 6.09. The quantitative estimate of drug-likeness (QED) is 0.331. The molecule has 1 fully saturated rings. The first-order valence-electron chi connectivity index (χ1n) is 11.7. The van der Waals surface area contributed by atoms with E-state index < -0.39 is 10.0 Å². The van der Waals surface area contributed by atoms with Gasteiger partial charge in [0.25, 0.3) is 0 Å². The first-order chi connectivity index (χ1) is 16.9. The highest BCUT2D eigenvalue weighted by Gasteiger charge is 2.32. The molecule has 0 radical (unpaired) electrons. The van der Waals surface area contributed by atoms with Crippen LogP contribution in [0.25, 0.3) is 10.9 Å². The van der Waals surface area contributed by atoms with E-state index in [4.69, 9.17) is 16.9 Å². The molecule has 178 valence electrons. The highest BCUT2D eigenvalue weighted by atomic mass is 35.5. The third kappa shape index (κ3) is 4.48. The first kappa shape index (κ1) is 23.6. The zero-order chi connectivity index (χ0) is 24.6. The van der Waals surface area contributed by atoms with Crippen LogP contribution in [0.15, 0.2) is 77.7 Å². The van der Waals surface area contributed by atoms with Gasteiger partial charge < -0.3 is 4.57 Å². The Morgan fingerprint density at radius 3 is 2.49 bits per heavy atom. The summed E-state index contributed by atoms with van der Waals surface area (Å²) in [6.45, 7) is 3.81. The van der Waals surface area contributed by atoms with Crippen LogP contribution in [0.1, 0.15) is 41.1 Å². The molecule has 0 aliphatic carbocycles. The van der Waals surface area contributed by atoms with Crippen LogP contribution in [0.5, 0.6) is 0 Å². The van der Waals surface area contributed by atoms with E-state index in [9.17, 15) is 8.42 Å². The van der Waals surface area contributed by atoms with E-state index in [-0.39, 0.29) is 10.8 Å². The average Bonchev–Trinajstić information content (AvgIpc) is 3.15. The standard InChI is InChI=1S/C28H26ClN3O2S/c1-20-28(26-10-2-3-11-27(26)32(20)19-22-7-4-8-24(29)16-22)23-12-14-31(15-13-23)35(33,34)25-9-5-6-21(17-25)18-30/h2-11,16-17,23H,12-15,19H2,1H3. The summed E-state index contributed by atoms with van der Waals surface area (Å²) in [6.07, 6.45) is 1.51. The van der Waals surface area contributed by atoms with Crippen molar-refractivity contribution >= 4 is 32.5 Å². The number of benzene rings is 3. The second kappa shape index (κ2) is 9.50. The minimum atomic E-state index is -3.63. The molecule has 0 atom stereocenters. The lowest BCUT2D eigenvalue weighted by Crippen LogP contribution is -2.38. The molecule has 1 aliphatic rings. The molecule has 5 nitrogen and oxygen atoms in total. The van der Waals surface area contributed by atoms with E-state index in [1.54, 1.807) is 22.5 Å². The number of hydrogen-bond acceptors (Lipinski definition) is 3. The van der Waals surface area contributed by atoms with Crippen molar-refractivity contribution in [2.45, 2.75) is 37.1 Å². The molecule has 3 aromatic carbocycles. The minimum absolute atomic E-state index is 0.185. The SMILES string of the molecule is Cc1c(C2CCN(S(=O)(=O)c3cccc(C#N)c3)CC2)c2ccccc2n1Cc1cccc(Cl)c1. The Balaban J connectivity index is 1.42. The number of halogens is 1. The summed E-state index contributed by atoms with van der Waals surface area (Å²) in [6, 6.07) is 24.7. The Kier molecular flexibility index (Phi) is 6.41. The molecule has 1 aromatic heterocycles. The summed E-state index contributed by atoms with van der Waals surface area (Å²) in [4.78, 5) is 0.185. The van der Waals surface area contributed by atoms with Gasteiger partial charge in [-0.25, -0.2) is 8.42 Å². The van der Waals surface area contributed by atoms with Gasteiger partial charge in [-0.2, -0.15) is 9.57 Å². The van der Waals surface area contributed by atoms with Crippen LogP contribution in [0.4, 0.5) is 0 Å². The second-order valence-corrected chi connectivity index (χ2v) is 11.4. The normalized spacial score (nSPS) is 15.3. The predicted molar refractivity (Wildman–Crippen MR) is 139 cm³/mol. The topological polar surface area (TPSA) is 66.1 Å². The lowest BCUT2D eigenvalue weighted by atomic mass is 9.88. The van der Waals surface area contributed by atoms with Gasteiger partial charge in [0.2, 0.25) is 10.0 Å². The Labute approximate surface area is 211 Å². The van der Waals surface area contributed by atoms with E-state index in [1.807, 2.05) is 24.3 Å². The minimum Gasteiger partial charge on any atom is -0.340 e. The largest absolute Gasteiger partial charge is 0.340 e. The molecule has 5 rings (SSSR count). The lowest BCUT2D eigenvalue weighted by Gasteiger charge is -2.31. The monoisotopic (exact) mass is 503 g/mol. The summed E-state index contributed by atoms with van der Waals surface area (Å²) < 4.78 is 30.3. The van der Waals surface area contributed by atoms with Gasteiger partial charge in [0.15, 0.2) is 0 Å². The Bertz CT molecular complexity index is 1540. The van der Waals surface area contributed by atoms with E-state index in [1.165, 1.54) is 28.2 Å². The molecule has 1 aliphatic heterocycles. The summed E-state index contributed by atoms with van der Waals surface area (Å²) in [7, 11) is -3.63. The number of rotatable bonds is 5. The van der Waals surface area contributed by atoms with Gasteiger partial charge in [-0.15, -0.1) is 0 Å². The smallest absolute Gasteiger partial charge is 0.243 e. The average molecular weight is 504 g/mol.